The van der Waals surface area contributed by atoms with E-state index in [4.69, 9.17) is 11.5 Å². The summed E-state index contributed by atoms with van der Waals surface area (Å²) in [6.07, 6.45) is 0. The van der Waals surface area contributed by atoms with E-state index in [9.17, 15) is 26.8 Å². The SMILES string of the molecule is Nc1nc(NCCS(=O)(=O)[O-])nc(Nc2ccc(Nc3nc(N)nc(N(CO)CS(=O)[O-])n3)cc2)n1.[Na+].[Na+]. The van der Waals surface area contributed by atoms with Gasteiger partial charge >= 0.3 is 59.1 Å². The predicted molar refractivity (Wildman–Crippen MR) is 128 cm³/mol. The van der Waals surface area contributed by atoms with Crippen molar-refractivity contribution in [2.45, 2.75) is 0 Å². The molecule has 1 atom stereocenters. The molecule has 0 spiro atoms. The summed E-state index contributed by atoms with van der Waals surface area (Å²) in [5, 5.41) is 17.7. The van der Waals surface area contributed by atoms with Crippen molar-refractivity contribution in [3.8, 4) is 0 Å². The van der Waals surface area contributed by atoms with Gasteiger partial charge in [0.1, 0.15) is 6.73 Å². The average Bonchev–Trinajstić information content (AvgIpc) is 2.77. The zero-order valence-corrected chi connectivity index (χ0v) is 25.9. The van der Waals surface area contributed by atoms with E-state index in [1.807, 2.05) is 0 Å². The fourth-order valence-electron chi connectivity index (χ4n) is 2.58. The summed E-state index contributed by atoms with van der Waals surface area (Å²) in [5.41, 5.74) is 12.4. The third-order valence-corrected chi connectivity index (χ3v) is 5.27. The number of nitrogen functional groups attached to an aromatic ring is 2. The normalized spacial score (nSPS) is 11.4. The van der Waals surface area contributed by atoms with Gasteiger partial charge in [-0.3, -0.25) is 4.21 Å². The topological polar surface area (TPSA) is 286 Å². The molecule has 0 radical (unpaired) electrons. The molecule has 18 nitrogen and oxygen atoms in total. The molecule has 38 heavy (non-hydrogen) atoms. The average molecular weight is 587 g/mol. The number of anilines is 8. The molecule has 0 aliphatic carbocycles. The maximum Gasteiger partial charge on any atom is 1.00 e. The Morgan fingerprint density at radius 3 is 1.89 bits per heavy atom. The Bertz CT molecular complexity index is 1340. The van der Waals surface area contributed by atoms with Gasteiger partial charge in [-0.2, -0.15) is 29.9 Å². The minimum Gasteiger partial charge on any atom is -0.771 e. The maximum absolute atomic E-state index is 11.0. The summed E-state index contributed by atoms with van der Waals surface area (Å²) in [4.78, 5) is 24.6. The van der Waals surface area contributed by atoms with Crippen molar-refractivity contribution in [3.05, 3.63) is 24.3 Å². The third-order valence-electron chi connectivity index (χ3n) is 4.04. The van der Waals surface area contributed by atoms with Gasteiger partial charge in [-0.05, 0) is 35.3 Å². The number of hydrogen-bond donors (Lipinski definition) is 6. The third kappa shape index (κ3) is 11.4. The Kier molecular flexibility index (Phi) is 14.0. The molecule has 1 aromatic carbocycles. The van der Waals surface area contributed by atoms with E-state index >= 15 is 0 Å². The number of aliphatic hydroxyl groups excluding tert-OH is 1. The predicted octanol–water partition coefficient (Wildman–Crippen LogP) is -7.73. The fraction of sp³-hybridized carbons (Fsp3) is 0.250. The fourth-order valence-corrected chi connectivity index (χ4v) is 3.38. The van der Waals surface area contributed by atoms with Crippen LogP contribution in [0.3, 0.4) is 0 Å². The summed E-state index contributed by atoms with van der Waals surface area (Å²) < 4.78 is 54.0. The number of hydrogen-bond acceptors (Lipinski definition) is 18. The number of aliphatic hydroxyl groups is 1. The molecule has 22 heteroatoms. The molecule has 0 saturated heterocycles. The van der Waals surface area contributed by atoms with Gasteiger partial charge < -0.3 is 46.5 Å². The molecular weight excluding hydrogens is 566 g/mol. The first kappa shape index (κ1) is 34.0. The molecular formula is C16H20N12Na2O6S2. The summed E-state index contributed by atoms with van der Waals surface area (Å²) in [6.45, 7) is -0.864. The van der Waals surface area contributed by atoms with Crippen LogP contribution in [0.2, 0.25) is 0 Å². The van der Waals surface area contributed by atoms with E-state index in [1.165, 1.54) is 0 Å². The van der Waals surface area contributed by atoms with Crippen LogP contribution in [0.5, 0.6) is 0 Å². The van der Waals surface area contributed by atoms with Crippen molar-refractivity contribution in [3.63, 3.8) is 0 Å². The van der Waals surface area contributed by atoms with Gasteiger partial charge in [0, 0.05) is 17.9 Å². The van der Waals surface area contributed by atoms with Gasteiger partial charge in [0.25, 0.3) is 0 Å². The second kappa shape index (κ2) is 15.6. The van der Waals surface area contributed by atoms with Crippen LogP contribution < -0.4 is 91.4 Å². The quantitative estimate of drug-likeness (QED) is 0.0497. The molecule has 2 heterocycles. The molecule has 2 aromatic heterocycles. The largest absolute Gasteiger partial charge is 1.00 e. The van der Waals surface area contributed by atoms with E-state index in [0.717, 1.165) is 4.90 Å². The minimum atomic E-state index is -4.40. The molecule has 0 aliphatic heterocycles. The second-order valence-electron chi connectivity index (χ2n) is 6.79. The number of rotatable bonds is 12. The molecule has 1 unspecified atom stereocenters. The molecule has 3 aromatic rings. The van der Waals surface area contributed by atoms with Crippen LogP contribution in [0.15, 0.2) is 24.3 Å². The van der Waals surface area contributed by atoms with Crippen LogP contribution in [0, 0.1) is 0 Å². The summed E-state index contributed by atoms with van der Waals surface area (Å²) in [5.74, 6) is -1.62. The number of nitrogens with one attached hydrogen (secondary N) is 3. The summed E-state index contributed by atoms with van der Waals surface area (Å²) in [7, 11) is -4.40. The molecule has 8 N–H and O–H groups in total. The van der Waals surface area contributed by atoms with E-state index < -0.39 is 39.6 Å². The molecule has 0 amide bonds. The first-order chi connectivity index (χ1) is 17.0. The van der Waals surface area contributed by atoms with Crippen molar-refractivity contribution in [1.29, 1.82) is 0 Å². The summed E-state index contributed by atoms with van der Waals surface area (Å²) >= 11 is -2.49. The van der Waals surface area contributed by atoms with Gasteiger partial charge in [-0.25, -0.2) is 8.42 Å². The van der Waals surface area contributed by atoms with E-state index in [-0.39, 0.29) is 101 Å². The van der Waals surface area contributed by atoms with Crippen LogP contribution in [0.25, 0.3) is 0 Å². The number of benzene rings is 1. The van der Waals surface area contributed by atoms with Gasteiger partial charge in [0.15, 0.2) is 0 Å². The first-order valence-electron chi connectivity index (χ1n) is 9.77. The summed E-state index contributed by atoms with van der Waals surface area (Å²) in [6, 6.07) is 6.57. The van der Waals surface area contributed by atoms with Crippen molar-refractivity contribution in [1.82, 2.24) is 29.9 Å². The maximum atomic E-state index is 11.0. The number of nitrogens with two attached hydrogens (primary N) is 2. The number of aromatic nitrogens is 6. The van der Waals surface area contributed by atoms with Gasteiger partial charge in [0.2, 0.25) is 35.7 Å². The number of nitrogens with zero attached hydrogens (tertiary/aromatic N) is 7. The molecule has 0 aliphatic rings. The monoisotopic (exact) mass is 586 g/mol. The first-order valence-corrected chi connectivity index (χ1v) is 12.6. The molecule has 194 valence electrons. The Morgan fingerprint density at radius 2 is 1.39 bits per heavy atom. The Labute approximate surface area is 263 Å². The van der Waals surface area contributed by atoms with E-state index in [2.05, 4.69) is 45.9 Å². The zero-order chi connectivity index (χ0) is 26.3. The van der Waals surface area contributed by atoms with Crippen molar-refractivity contribution < 1.29 is 86.0 Å². The van der Waals surface area contributed by atoms with Crippen LogP contribution in [0.4, 0.5) is 47.1 Å². The van der Waals surface area contributed by atoms with Gasteiger partial charge in [-0.1, -0.05) is 0 Å². The van der Waals surface area contributed by atoms with Crippen LogP contribution >= 0.6 is 0 Å². The molecule has 3 rings (SSSR count). The standard InChI is InChI=1S/C16H22N12O6S2.2Na/c17-11-22-13(19-5-6-36(32,33)34)26-14(23-11)20-9-1-3-10(4-2-9)21-15-24-12(18)25-16(27-15)28(7-29)8-35(30)31;;/h1-4,29H,5-8H2,(H,30,31)(H,32,33,34)(H3,18,21,24,25,27)(H4,17,19,20,22,23,26);;/q;2*+1/p-2. The van der Waals surface area contributed by atoms with Crippen molar-refractivity contribution in [2.75, 3.05) is 57.2 Å². The van der Waals surface area contributed by atoms with E-state index in [1.54, 1.807) is 24.3 Å². The molecule has 0 saturated carbocycles. The Morgan fingerprint density at radius 1 is 0.895 bits per heavy atom. The Balaban J connectivity index is 0.00000361. The minimum absolute atomic E-state index is 0. The van der Waals surface area contributed by atoms with Crippen LogP contribution in [0.1, 0.15) is 0 Å². The Hall–Kier alpha value is -1.98. The van der Waals surface area contributed by atoms with Crippen molar-refractivity contribution in [2.24, 2.45) is 0 Å². The smallest absolute Gasteiger partial charge is 0.771 e. The van der Waals surface area contributed by atoms with Gasteiger partial charge in [-0.15, -0.1) is 0 Å². The van der Waals surface area contributed by atoms with Gasteiger partial charge in [0.05, 0.1) is 21.7 Å². The van der Waals surface area contributed by atoms with Crippen LogP contribution in [-0.2, 0) is 21.2 Å². The van der Waals surface area contributed by atoms with E-state index in [0.29, 0.717) is 11.4 Å². The van der Waals surface area contributed by atoms with Crippen LogP contribution in [-0.4, -0.2) is 81.6 Å². The zero-order valence-electron chi connectivity index (χ0n) is 20.2. The molecule has 0 bridgehead atoms. The second-order valence-corrected chi connectivity index (χ2v) is 9.18. The van der Waals surface area contributed by atoms with Crippen molar-refractivity contribution >= 4 is 68.3 Å². The molecule has 0 fully saturated rings.